The summed E-state index contributed by atoms with van der Waals surface area (Å²) >= 11 is 0. The van der Waals surface area contributed by atoms with E-state index in [-0.39, 0.29) is 23.3 Å². The summed E-state index contributed by atoms with van der Waals surface area (Å²) in [6.45, 7) is 3.69. The molecule has 4 aliphatic rings. The van der Waals surface area contributed by atoms with Crippen LogP contribution < -0.4 is 9.47 Å². The van der Waals surface area contributed by atoms with Gasteiger partial charge in [0.2, 0.25) is 6.10 Å². The first-order chi connectivity index (χ1) is 12.9. The molecule has 6 nitrogen and oxygen atoms in total. The summed E-state index contributed by atoms with van der Waals surface area (Å²) in [5.74, 6) is 0.495. The van der Waals surface area contributed by atoms with Crippen molar-refractivity contribution < 1.29 is 23.8 Å². The lowest BCUT2D eigenvalue weighted by Gasteiger charge is -2.55. The third-order valence-corrected chi connectivity index (χ3v) is 6.24. The highest BCUT2D eigenvalue weighted by molar-refractivity contribution is 5.73. The van der Waals surface area contributed by atoms with E-state index < -0.39 is 6.10 Å². The molecular formula is C21H21NO5. The van der Waals surface area contributed by atoms with Gasteiger partial charge in [0.05, 0.1) is 11.5 Å². The zero-order valence-electron chi connectivity index (χ0n) is 15.6. The smallest absolute Gasteiger partial charge is 0.308 e. The molecule has 1 fully saturated rings. The van der Waals surface area contributed by atoms with Crippen LogP contribution in [-0.2, 0) is 26.2 Å². The molecule has 1 saturated heterocycles. The average Bonchev–Trinajstić information content (AvgIpc) is 2.95. The number of hydrogen-bond donors (Lipinski definition) is 0. The maximum Gasteiger partial charge on any atom is 0.308 e. The Hall–Kier alpha value is -2.34. The van der Waals surface area contributed by atoms with Crippen molar-refractivity contribution in [1.29, 1.82) is 0 Å². The highest BCUT2D eigenvalue weighted by atomic mass is 16.6. The third kappa shape index (κ3) is 2.16. The fourth-order valence-corrected chi connectivity index (χ4v) is 5.30. The normalized spacial score (nSPS) is 31.2. The van der Waals surface area contributed by atoms with Crippen LogP contribution in [0, 0.1) is 18.1 Å². The second-order valence-electron chi connectivity index (χ2n) is 7.73. The van der Waals surface area contributed by atoms with Crippen LogP contribution in [0.15, 0.2) is 24.3 Å². The van der Waals surface area contributed by atoms with Gasteiger partial charge in [0, 0.05) is 25.3 Å². The minimum absolute atomic E-state index is 0.182. The molecular weight excluding hydrogens is 346 g/mol. The summed E-state index contributed by atoms with van der Waals surface area (Å²) in [5.41, 5.74) is 1.99. The van der Waals surface area contributed by atoms with Crippen molar-refractivity contribution in [2.45, 2.75) is 38.2 Å². The van der Waals surface area contributed by atoms with Crippen LogP contribution >= 0.6 is 0 Å². The van der Waals surface area contributed by atoms with Gasteiger partial charge in [-0.2, -0.15) is 0 Å². The van der Waals surface area contributed by atoms with Crippen LogP contribution in [0.5, 0.6) is 11.5 Å². The molecule has 0 aromatic heterocycles. The quantitative estimate of drug-likeness (QED) is 0.590. The molecule has 1 aromatic carbocycles. The van der Waals surface area contributed by atoms with E-state index in [1.807, 2.05) is 12.1 Å². The molecule has 2 bridgehead atoms. The Balaban J connectivity index is 1.71. The molecule has 140 valence electrons. The Morgan fingerprint density at radius 2 is 2.00 bits per heavy atom. The lowest BCUT2D eigenvalue weighted by molar-refractivity contribution is -0.142. The Kier molecular flexibility index (Phi) is 3.47. The molecule has 2 aliphatic heterocycles. The number of ether oxygens (including phenoxy) is 3. The summed E-state index contributed by atoms with van der Waals surface area (Å²) in [6, 6.07) is 5.19. The van der Waals surface area contributed by atoms with Gasteiger partial charge in [-0.05, 0) is 44.1 Å². The second-order valence-corrected chi connectivity index (χ2v) is 7.73. The van der Waals surface area contributed by atoms with Crippen molar-refractivity contribution in [3.05, 3.63) is 47.6 Å². The van der Waals surface area contributed by atoms with Gasteiger partial charge in [-0.25, -0.2) is 0 Å². The van der Waals surface area contributed by atoms with Crippen molar-refractivity contribution in [3.63, 3.8) is 0 Å². The predicted octanol–water partition coefficient (Wildman–Crippen LogP) is 2.32. The van der Waals surface area contributed by atoms with E-state index in [2.05, 4.69) is 18.0 Å². The number of nitrogens with zero attached hydrogens (tertiary/aromatic N) is 1. The largest absolute Gasteiger partial charge is 0.480 e. The van der Waals surface area contributed by atoms with E-state index >= 15 is 0 Å². The third-order valence-electron chi connectivity index (χ3n) is 6.24. The fraction of sp³-hybridized carbons (Fsp3) is 0.429. The number of rotatable bonds is 2. The highest BCUT2D eigenvalue weighted by Crippen LogP contribution is 2.65. The van der Waals surface area contributed by atoms with Gasteiger partial charge in [0.1, 0.15) is 0 Å². The van der Waals surface area contributed by atoms with E-state index in [0.29, 0.717) is 17.6 Å². The monoisotopic (exact) mass is 367 g/mol. The predicted molar refractivity (Wildman–Crippen MR) is 95.7 cm³/mol. The molecule has 27 heavy (non-hydrogen) atoms. The van der Waals surface area contributed by atoms with Crippen molar-refractivity contribution >= 4 is 11.9 Å². The first-order valence-electron chi connectivity index (χ1n) is 9.23. The SMILES string of the molecule is CC(=O)O[C]1C=C[C@H]2[C]3Cc4ccc(OC(C)=O)c5c4[C@@]2(CCN3C)[C@H]1O5. The lowest BCUT2D eigenvalue weighted by Crippen LogP contribution is -2.60. The highest BCUT2D eigenvalue weighted by Gasteiger charge is 2.65. The summed E-state index contributed by atoms with van der Waals surface area (Å²) in [5, 5.41) is 0. The van der Waals surface area contributed by atoms with Gasteiger partial charge in [0.25, 0.3) is 0 Å². The van der Waals surface area contributed by atoms with Gasteiger partial charge in [-0.3, -0.25) is 14.5 Å². The minimum atomic E-state index is -0.397. The van der Waals surface area contributed by atoms with Gasteiger partial charge in [0.15, 0.2) is 17.6 Å². The molecule has 2 radical (unpaired) electrons. The maximum absolute atomic E-state index is 11.7. The van der Waals surface area contributed by atoms with Gasteiger partial charge >= 0.3 is 11.9 Å². The summed E-state index contributed by atoms with van der Waals surface area (Å²) < 4.78 is 17.3. The average molecular weight is 367 g/mol. The van der Waals surface area contributed by atoms with Crippen LogP contribution in [0.25, 0.3) is 0 Å². The maximum atomic E-state index is 11.7. The molecule has 0 amide bonds. The zero-order valence-corrected chi connectivity index (χ0v) is 15.6. The van der Waals surface area contributed by atoms with E-state index in [1.165, 1.54) is 25.5 Å². The van der Waals surface area contributed by atoms with E-state index in [1.54, 1.807) is 6.07 Å². The zero-order chi connectivity index (χ0) is 18.9. The summed E-state index contributed by atoms with van der Waals surface area (Å²) in [4.78, 5) is 25.6. The Morgan fingerprint density at radius 1 is 1.22 bits per heavy atom. The molecule has 1 aromatic rings. The van der Waals surface area contributed by atoms with Crippen molar-refractivity contribution in [2.24, 2.45) is 5.92 Å². The summed E-state index contributed by atoms with van der Waals surface area (Å²) in [7, 11) is 2.13. The first kappa shape index (κ1) is 16.8. The van der Waals surface area contributed by atoms with Gasteiger partial charge in [-0.1, -0.05) is 12.1 Å². The Bertz CT molecular complexity index is 878. The van der Waals surface area contributed by atoms with Crippen LogP contribution in [0.1, 0.15) is 31.4 Å². The first-order valence-corrected chi connectivity index (χ1v) is 9.23. The molecule has 0 saturated carbocycles. The number of carbonyl (C=O) groups excluding carboxylic acids is 2. The minimum Gasteiger partial charge on any atom is -0.480 e. The van der Waals surface area contributed by atoms with Crippen LogP contribution in [0.2, 0.25) is 0 Å². The van der Waals surface area contributed by atoms with Crippen molar-refractivity contribution in [2.75, 3.05) is 13.6 Å². The molecule has 0 unspecified atom stereocenters. The standard InChI is InChI=1S/C21H21NO5/c1-11(23)25-16-6-4-13-10-15-14-5-7-17(26-12(2)24)20-21(14,8-9-22(15)3)18(13)19(16)27-20/h4-7,14,20H,8-10H2,1-3H3/t14-,20-,21-/m0/s1. The van der Waals surface area contributed by atoms with Crippen molar-refractivity contribution in [3.8, 4) is 11.5 Å². The molecule has 6 heteroatoms. The van der Waals surface area contributed by atoms with Crippen LogP contribution in [0.4, 0.5) is 0 Å². The van der Waals surface area contributed by atoms with Crippen molar-refractivity contribution in [1.82, 2.24) is 4.90 Å². The number of carbonyl (C=O) groups is 2. The van der Waals surface area contributed by atoms with E-state index in [9.17, 15) is 9.59 Å². The van der Waals surface area contributed by atoms with Gasteiger partial charge in [-0.15, -0.1) is 0 Å². The molecule has 0 N–H and O–H groups in total. The molecule has 1 spiro atoms. The number of likely N-dealkylation sites (tertiary alicyclic amines) is 1. The number of esters is 2. The Morgan fingerprint density at radius 3 is 2.74 bits per heavy atom. The van der Waals surface area contributed by atoms with E-state index in [4.69, 9.17) is 14.2 Å². The fourth-order valence-electron chi connectivity index (χ4n) is 5.30. The number of hydrogen-bond acceptors (Lipinski definition) is 6. The molecule has 5 rings (SSSR count). The lowest BCUT2D eigenvalue weighted by atomic mass is 9.53. The molecule has 3 atom stereocenters. The second kappa shape index (κ2) is 5.58. The number of likely N-dealkylation sites (N-methyl/N-ethyl adjacent to an activating group) is 1. The van der Waals surface area contributed by atoms with Crippen LogP contribution in [-0.4, -0.2) is 36.5 Å². The van der Waals surface area contributed by atoms with E-state index in [0.717, 1.165) is 24.9 Å². The summed E-state index contributed by atoms with van der Waals surface area (Å²) in [6.07, 6.45) is 5.86. The topological polar surface area (TPSA) is 65.1 Å². The molecule has 2 aliphatic carbocycles. The van der Waals surface area contributed by atoms with Gasteiger partial charge < -0.3 is 14.2 Å². The Labute approximate surface area is 158 Å². The number of benzene rings is 1. The van der Waals surface area contributed by atoms with Crippen LogP contribution in [0.3, 0.4) is 0 Å². The molecule has 2 heterocycles. The number of piperidine rings is 1.